The van der Waals surface area contributed by atoms with Crippen LogP contribution in [0, 0.1) is 5.82 Å². The van der Waals surface area contributed by atoms with Crippen LogP contribution in [-0.4, -0.2) is 30.3 Å². The molecule has 1 amide bonds. The number of thioether (sulfide) groups is 1. The molecule has 24 heavy (non-hydrogen) atoms. The van der Waals surface area contributed by atoms with Crippen molar-refractivity contribution in [2.75, 3.05) is 12.3 Å². The molecule has 1 aromatic rings. The zero-order valence-corrected chi connectivity index (χ0v) is 14.1. The van der Waals surface area contributed by atoms with E-state index in [-0.39, 0.29) is 24.2 Å². The van der Waals surface area contributed by atoms with Crippen LogP contribution in [0.3, 0.4) is 0 Å². The van der Waals surface area contributed by atoms with Gasteiger partial charge in [0.1, 0.15) is 11.9 Å². The predicted octanol–water partition coefficient (Wildman–Crippen LogP) is 3.00. The second-order valence-electron chi connectivity index (χ2n) is 5.79. The maximum Gasteiger partial charge on any atom is 0.339 e. The molecule has 0 radical (unpaired) electrons. The van der Waals surface area contributed by atoms with E-state index < -0.39 is 12.1 Å². The van der Waals surface area contributed by atoms with Gasteiger partial charge in [0.05, 0.1) is 12.1 Å². The number of hydrogen-bond donors (Lipinski definition) is 1. The summed E-state index contributed by atoms with van der Waals surface area (Å²) >= 11 is 1.73. The minimum absolute atomic E-state index is 0.0809. The third-order valence-electron chi connectivity index (χ3n) is 4.05. The first-order chi connectivity index (χ1) is 11.5. The van der Waals surface area contributed by atoms with Crippen LogP contribution in [0.4, 0.5) is 4.39 Å². The summed E-state index contributed by atoms with van der Waals surface area (Å²) in [6.45, 7) is 1.61. The van der Waals surface area contributed by atoms with Crippen molar-refractivity contribution in [1.29, 1.82) is 0 Å². The molecule has 1 aromatic carbocycles. The number of cyclic esters (lactones) is 1. The molecular weight excluding hydrogens is 329 g/mol. The zero-order chi connectivity index (χ0) is 17.1. The molecule has 1 unspecified atom stereocenters. The van der Waals surface area contributed by atoms with Gasteiger partial charge in [-0.25, -0.2) is 9.18 Å². The van der Waals surface area contributed by atoms with E-state index in [9.17, 15) is 14.0 Å². The van der Waals surface area contributed by atoms with Crippen LogP contribution in [0.2, 0.25) is 0 Å². The maximum atomic E-state index is 14.5. The Bertz CT molecular complexity index is 729. The molecule has 3 rings (SSSR count). The summed E-state index contributed by atoms with van der Waals surface area (Å²) in [4.78, 5) is 22.9. The molecular formula is C18H18FNO3S. The summed E-state index contributed by atoms with van der Waals surface area (Å²) in [5.41, 5.74) is 1.49. The average molecular weight is 347 g/mol. The second-order valence-corrected chi connectivity index (χ2v) is 6.81. The van der Waals surface area contributed by atoms with Gasteiger partial charge in [-0.15, -0.1) is 11.8 Å². The smallest absolute Gasteiger partial charge is 0.339 e. The number of halogens is 1. The minimum Gasteiger partial charge on any atom is -0.453 e. The van der Waals surface area contributed by atoms with Gasteiger partial charge in [0.25, 0.3) is 0 Å². The number of allylic oxidation sites excluding steroid dienone is 1. The fourth-order valence-corrected chi connectivity index (χ4v) is 3.64. The Morgan fingerprint density at radius 3 is 2.96 bits per heavy atom. The highest BCUT2D eigenvalue weighted by molar-refractivity contribution is 8.02. The molecule has 126 valence electrons. The van der Waals surface area contributed by atoms with Crippen molar-refractivity contribution in [3.63, 3.8) is 0 Å². The molecule has 0 saturated carbocycles. The lowest BCUT2D eigenvalue weighted by atomic mass is 9.93. The number of nitrogens with one attached hydrogen (secondary N) is 1. The van der Waals surface area contributed by atoms with Crippen LogP contribution in [0.15, 0.2) is 35.8 Å². The fraction of sp³-hybridized carbons (Fsp3) is 0.333. The molecule has 2 atom stereocenters. The Kier molecular flexibility index (Phi) is 5.04. The summed E-state index contributed by atoms with van der Waals surface area (Å²) in [6.07, 6.45) is 4.03. The normalized spacial score (nSPS) is 22.9. The summed E-state index contributed by atoms with van der Waals surface area (Å²) in [6, 6.07) is 4.88. The highest BCUT2D eigenvalue weighted by Crippen LogP contribution is 2.32. The molecule has 2 aliphatic heterocycles. The van der Waals surface area contributed by atoms with Gasteiger partial charge in [0, 0.05) is 12.8 Å². The molecule has 6 heteroatoms. The quantitative estimate of drug-likeness (QED) is 0.851. The van der Waals surface area contributed by atoms with Gasteiger partial charge in [-0.1, -0.05) is 18.2 Å². The number of carbonyl (C=O) groups excluding carboxylic acids is 2. The maximum absolute atomic E-state index is 14.5. The van der Waals surface area contributed by atoms with E-state index in [4.69, 9.17) is 4.74 Å². The van der Waals surface area contributed by atoms with E-state index in [1.807, 2.05) is 11.5 Å². The van der Waals surface area contributed by atoms with Crippen LogP contribution in [0.1, 0.15) is 30.4 Å². The Labute approximate surface area is 144 Å². The Balaban J connectivity index is 1.79. The van der Waals surface area contributed by atoms with Gasteiger partial charge < -0.3 is 10.1 Å². The van der Waals surface area contributed by atoms with Crippen LogP contribution in [0.5, 0.6) is 0 Å². The van der Waals surface area contributed by atoms with Crippen LogP contribution < -0.4 is 5.32 Å². The van der Waals surface area contributed by atoms with Crippen molar-refractivity contribution in [2.45, 2.75) is 25.4 Å². The molecule has 0 saturated heterocycles. The van der Waals surface area contributed by atoms with E-state index in [1.165, 1.54) is 13.0 Å². The Morgan fingerprint density at radius 1 is 1.46 bits per heavy atom. The number of esters is 1. The highest BCUT2D eigenvalue weighted by Gasteiger charge is 2.27. The minimum atomic E-state index is -0.516. The number of amides is 1. The van der Waals surface area contributed by atoms with Crippen molar-refractivity contribution in [1.82, 2.24) is 5.32 Å². The number of carbonyl (C=O) groups is 2. The molecule has 0 spiro atoms. The third kappa shape index (κ3) is 3.70. The molecule has 2 aliphatic rings. The Hall–Kier alpha value is -2.08. The van der Waals surface area contributed by atoms with Gasteiger partial charge >= 0.3 is 5.97 Å². The number of ether oxygens (including phenoxy) is 1. The van der Waals surface area contributed by atoms with Crippen molar-refractivity contribution in [2.24, 2.45) is 0 Å². The Morgan fingerprint density at radius 2 is 2.29 bits per heavy atom. The van der Waals surface area contributed by atoms with Gasteiger partial charge in [0.15, 0.2) is 0 Å². The monoisotopic (exact) mass is 347 g/mol. The standard InChI is InChI=1S/C18H18FNO3S/c1-11(21)20-10-14-9-16(18(22)23-14)13-2-3-15(17(19)8-13)12-4-6-24-7-5-12/h2-4,6,8-9,12,14H,5,7,10H2,1H3,(H,20,21)/t12?,14-/m1/s1. The van der Waals surface area contributed by atoms with Crippen molar-refractivity contribution < 1.29 is 18.7 Å². The van der Waals surface area contributed by atoms with Gasteiger partial charge in [0.2, 0.25) is 5.91 Å². The fourth-order valence-electron chi connectivity index (χ4n) is 2.81. The summed E-state index contributed by atoms with van der Waals surface area (Å²) in [7, 11) is 0. The predicted molar refractivity (Wildman–Crippen MR) is 91.9 cm³/mol. The molecule has 2 heterocycles. The molecule has 0 fully saturated rings. The largest absolute Gasteiger partial charge is 0.453 e. The first kappa shape index (κ1) is 16.8. The van der Waals surface area contributed by atoms with Crippen LogP contribution in [-0.2, 0) is 14.3 Å². The summed E-state index contributed by atoms with van der Waals surface area (Å²) in [5.74, 6) is 0.0591. The number of hydrogen-bond acceptors (Lipinski definition) is 4. The van der Waals surface area contributed by atoms with E-state index in [0.29, 0.717) is 16.7 Å². The molecule has 0 aliphatic carbocycles. The van der Waals surface area contributed by atoms with Crippen LogP contribution in [0.25, 0.3) is 5.57 Å². The van der Waals surface area contributed by atoms with E-state index in [0.717, 1.165) is 12.2 Å². The number of benzene rings is 1. The van der Waals surface area contributed by atoms with E-state index >= 15 is 0 Å². The summed E-state index contributed by atoms with van der Waals surface area (Å²) in [5, 5.41) is 4.60. The molecule has 4 nitrogen and oxygen atoms in total. The van der Waals surface area contributed by atoms with Gasteiger partial charge in [-0.2, -0.15) is 0 Å². The lowest BCUT2D eigenvalue weighted by molar-refractivity contribution is -0.138. The average Bonchev–Trinajstić information content (AvgIpc) is 2.94. The molecule has 0 aromatic heterocycles. The molecule has 0 bridgehead atoms. The van der Waals surface area contributed by atoms with Crippen LogP contribution >= 0.6 is 11.8 Å². The topological polar surface area (TPSA) is 55.4 Å². The highest BCUT2D eigenvalue weighted by atomic mass is 32.2. The first-order valence-corrected chi connectivity index (χ1v) is 8.85. The SMILES string of the molecule is CC(=O)NC[C@H]1C=C(c2ccc(C3C=CSCC3)c(F)c2)C(=O)O1. The van der Waals surface area contributed by atoms with Crippen molar-refractivity contribution in [3.05, 3.63) is 52.7 Å². The lowest BCUT2D eigenvalue weighted by Crippen LogP contribution is -2.29. The molecule has 1 N–H and O–H groups in total. The van der Waals surface area contributed by atoms with Crippen molar-refractivity contribution in [3.8, 4) is 0 Å². The number of rotatable bonds is 4. The van der Waals surface area contributed by atoms with E-state index in [2.05, 4.69) is 5.32 Å². The van der Waals surface area contributed by atoms with Crippen molar-refractivity contribution >= 4 is 29.2 Å². The summed E-state index contributed by atoms with van der Waals surface area (Å²) < 4.78 is 19.7. The van der Waals surface area contributed by atoms with Gasteiger partial charge in [-0.05, 0) is 40.9 Å². The zero-order valence-electron chi connectivity index (χ0n) is 13.3. The lowest BCUT2D eigenvalue weighted by Gasteiger charge is -2.17. The second kappa shape index (κ2) is 7.21. The van der Waals surface area contributed by atoms with Gasteiger partial charge in [-0.3, -0.25) is 4.79 Å². The first-order valence-electron chi connectivity index (χ1n) is 7.80. The van der Waals surface area contributed by atoms with E-state index in [1.54, 1.807) is 30.0 Å². The third-order valence-corrected chi connectivity index (χ3v) is 4.87.